The molecule has 0 aliphatic carbocycles. The zero-order valence-corrected chi connectivity index (χ0v) is 14.9. The summed E-state index contributed by atoms with van der Waals surface area (Å²) in [6.45, 7) is 4.67. The lowest BCUT2D eigenvalue weighted by molar-refractivity contribution is 0.352. The summed E-state index contributed by atoms with van der Waals surface area (Å²) >= 11 is 2.03. The van der Waals surface area contributed by atoms with Crippen LogP contribution in [-0.2, 0) is 6.42 Å². The van der Waals surface area contributed by atoms with Crippen LogP contribution in [0.4, 0.5) is 0 Å². The number of thioether (sulfide) groups is 1. The van der Waals surface area contributed by atoms with E-state index in [0.717, 1.165) is 12.1 Å². The van der Waals surface area contributed by atoms with Crippen LogP contribution in [0.15, 0.2) is 41.6 Å². The summed E-state index contributed by atoms with van der Waals surface area (Å²) in [6, 6.07) is 6.40. The molecule has 1 saturated heterocycles. The van der Waals surface area contributed by atoms with E-state index in [-0.39, 0.29) is 0 Å². The molecule has 3 nitrogen and oxygen atoms in total. The highest BCUT2D eigenvalue weighted by molar-refractivity contribution is 8.03. The maximum atomic E-state index is 4.35. The van der Waals surface area contributed by atoms with E-state index >= 15 is 0 Å². The van der Waals surface area contributed by atoms with E-state index in [9.17, 15) is 0 Å². The van der Waals surface area contributed by atoms with Crippen LogP contribution in [0.1, 0.15) is 44.7 Å². The van der Waals surface area contributed by atoms with Gasteiger partial charge in [0.05, 0.1) is 0 Å². The van der Waals surface area contributed by atoms with E-state index in [0.29, 0.717) is 0 Å². The number of hydrogen-bond donors (Lipinski definition) is 0. The van der Waals surface area contributed by atoms with Gasteiger partial charge in [-0.2, -0.15) is 0 Å². The van der Waals surface area contributed by atoms with Crippen LogP contribution >= 0.6 is 11.8 Å². The van der Waals surface area contributed by atoms with Crippen LogP contribution in [0.2, 0.25) is 0 Å². The summed E-state index contributed by atoms with van der Waals surface area (Å²) in [6.07, 6.45) is 13.9. The number of fused-ring (bicyclic) bond motifs is 1. The second-order valence-corrected chi connectivity index (χ2v) is 7.34. The van der Waals surface area contributed by atoms with Crippen LogP contribution in [0.3, 0.4) is 0 Å². The molecule has 2 aromatic rings. The summed E-state index contributed by atoms with van der Waals surface area (Å²) in [5, 5.41) is 0. The van der Waals surface area contributed by atoms with Gasteiger partial charge in [-0.25, -0.2) is 4.98 Å². The van der Waals surface area contributed by atoms with E-state index in [1.807, 2.05) is 18.0 Å². The van der Waals surface area contributed by atoms with Crippen LogP contribution in [0, 0.1) is 0 Å². The molecule has 0 N–H and O–H groups in total. The van der Waals surface area contributed by atoms with Crippen molar-refractivity contribution in [3.05, 3.63) is 47.3 Å². The van der Waals surface area contributed by atoms with Crippen molar-refractivity contribution in [2.24, 2.45) is 0 Å². The Bertz CT molecular complexity index is 647. The number of imidazole rings is 1. The summed E-state index contributed by atoms with van der Waals surface area (Å²) in [5.41, 5.74) is 2.43. The molecule has 124 valence electrons. The maximum Gasteiger partial charge on any atom is 0.136 e. The zero-order chi connectivity index (χ0) is 15.9. The lowest BCUT2D eigenvalue weighted by atomic mass is 10.1. The van der Waals surface area contributed by atoms with Gasteiger partial charge in [0.2, 0.25) is 0 Å². The number of unbranched alkanes of at least 4 members (excludes halogenated alkanes) is 3. The standard InChI is InChI=1S/C19H27N3S/c1-2-3-10-18-15-21(16-23-18)13-6-4-5-8-17-9-7-11-19-20-12-14-22(17)19/h7,9-12,14H,2-6,8,13,15-16H2,1H3. The number of nitrogens with zero attached hydrogens (tertiary/aromatic N) is 3. The van der Waals surface area contributed by atoms with Crippen LogP contribution in [-0.4, -0.2) is 33.3 Å². The normalized spacial score (nSPS) is 17.5. The molecule has 0 amide bonds. The molecule has 0 unspecified atom stereocenters. The molecule has 3 heterocycles. The number of rotatable bonds is 8. The van der Waals surface area contributed by atoms with Gasteiger partial charge in [0.1, 0.15) is 5.65 Å². The molecule has 0 radical (unpaired) electrons. The zero-order valence-electron chi connectivity index (χ0n) is 14.1. The van der Waals surface area contributed by atoms with E-state index < -0.39 is 0 Å². The van der Waals surface area contributed by atoms with Crippen LogP contribution in [0.5, 0.6) is 0 Å². The monoisotopic (exact) mass is 329 g/mol. The second kappa shape index (κ2) is 8.55. The van der Waals surface area contributed by atoms with Crippen molar-refractivity contribution in [3.8, 4) is 0 Å². The lowest BCUT2D eigenvalue weighted by Crippen LogP contribution is -2.20. The average Bonchev–Trinajstić information content (AvgIpc) is 3.22. The predicted octanol–water partition coefficient (Wildman–Crippen LogP) is 4.74. The molecule has 4 heteroatoms. The Labute approximate surface area is 143 Å². The van der Waals surface area contributed by atoms with Gasteiger partial charge < -0.3 is 4.40 Å². The summed E-state index contributed by atoms with van der Waals surface area (Å²) < 4.78 is 2.21. The molecule has 0 bridgehead atoms. The Morgan fingerprint density at radius 1 is 1.26 bits per heavy atom. The first-order chi connectivity index (χ1) is 11.4. The number of aromatic nitrogens is 2. The predicted molar refractivity (Wildman–Crippen MR) is 99.8 cm³/mol. The van der Waals surface area contributed by atoms with Gasteiger partial charge in [-0.3, -0.25) is 4.90 Å². The third-order valence-corrected chi connectivity index (χ3v) is 5.55. The van der Waals surface area contributed by atoms with Gasteiger partial charge in [0, 0.05) is 30.5 Å². The third-order valence-electron chi connectivity index (χ3n) is 4.39. The number of hydrogen-bond acceptors (Lipinski definition) is 3. The SMILES string of the molecule is CCCC=C1CN(CCCCCc2cccc3nccn23)CS1. The smallest absolute Gasteiger partial charge is 0.136 e. The topological polar surface area (TPSA) is 20.5 Å². The minimum atomic E-state index is 1.06. The molecular formula is C19H27N3S. The molecular weight excluding hydrogens is 302 g/mol. The minimum absolute atomic E-state index is 1.06. The van der Waals surface area contributed by atoms with E-state index in [1.165, 1.54) is 56.8 Å². The minimum Gasteiger partial charge on any atom is -0.304 e. The molecule has 2 aromatic heterocycles. The summed E-state index contributed by atoms with van der Waals surface area (Å²) in [4.78, 5) is 8.52. The van der Waals surface area contributed by atoms with E-state index in [4.69, 9.17) is 0 Å². The van der Waals surface area contributed by atoms with Crippen molar-refractivity contribution in [2.45, 2.75) is 45.4 Å². The van der Waals surface area contributed by atoms with Crippen molar-refractivity contribution in [1.82, 2.24) is 14.3 Å². The molecule has 0 spiro atoms. The Balaban J connectivity index is 1.36. The number of allylic oxidation sites excluding steroid dienone is 1. The maximum absolute atomic E-state index is 4.35. The number of aryl methyl sites for hydroxylation is 1. The molecule has 0 saturated carbocycles. The summed E-state index contributed by atoms with van der Waals surface area (Å²) in [5.74, 6) is 1.18. The van der Waals surface area contributed by atoms with Crippen molar-refractivity contribution < 1.29 is 0 Å². The fourth-order valence-corrected chi connectivity index (χ4v) is 4.17. The Morgan fingerprint density at radius 3 is 3.13 bits per heavy atom. The van der Waals surface area contributed by atoms with Crippen LogP contribution in [0.25, 0.3) is 5.65 Å². The Morgan fingerprint density at radius 2 is 2.22 bits per heavy atom. The third kappa shape index (κ3) is 4.61. The largest absolute Gasteiger partial charge is 0.304 e. The van der Waals surface area contributed by atoms with Gasteiger partial charge in [0.15, 0.2) is 0 Å². The molecule has 0 aromatic carbocycles. The fourth-order valence-electron chi connectivity index (χ4n) is 3.09. The van der Waals surface area contributed by atoms with E-state index in [2.05, 4.69) is 51.7 Å². The number of pyridine rings is 1. The van der Waals surface area contributed by atoms with Gasteiger partial charge in [-0.1, -0.05) is 31.9 Å². The Hall–Kier alpha value is -1.26. The molecule has 1 aliphatic rings. The highest BCUT2D eigenvalue weighted by atomic mass is 32.2. The van der Waals surface area contributed by atoms with Crippen LogP contribution < -0.4 is 0 Å². The Kier molecular flexibility index (Phi) is 6.17. The van der Waals surface area contributed by atoms with Crippen molar-refractivity contribution in [1.29, 1.82) is 0 Å². The quantitative estimate of drug-likeness (QED) is 0.653. The average molecular weight is 330 g/mol. The van der Waals surface area contributed by atoms with Gasteiger partial charge in [0.25, 0.3) is 0 Å². The van der Waals surface area contributed by atoms with Gasteiger partial charge >= 0.3 is 0 Å². The first-order valence-electron chi connectivity index (χ1n) is 8.82. The highest BCUT2D eigenvalue weighted by Crippen LogP contribution is 2.27. The highest BCUT2D eigenvalue weighted by Gasteiger charge is 2.15. The first kappa shape index (κ1) is 16.6. The fraction of sp³-hybridized carbons (Fsp3) is 0.526. The molecule has 1 aliphatic heterocycles. The molecule has 1 fully saturated rings. The second-order valence-electron chi connectivity index (χ2n) is 6.27. The lowest BCUT2D eigenvalue weighted by Gasteiger charge is -2.13. The van der Waals surface area contributed by atoms with Gasteiger partial charge in [-0.05, 0) is 49.3 Å². The summed E-state index contributed by atoms with van der Waals surface area (Å²) in [7, 11) is 0. The van der Waals surface area contributed by atoms with Gasteiger partial charge in [-0.15, -0.1) is 11.8 Å². The van der Waals surface area contributed by atoms with E-state index in [1.54, 1.807) is 4.91 Å². The van der Waals surface area contributed by atoms with Crippen molar-refractivity contribution in [2.75, 3.05) is 19.0 Å². The molecule has 23 heavy (non-hydrogen) atoms. The molecule has 3 rings (SSSR count). The molecule has 0 atom stereocenters. The van der Waals surface area contributed by atoms with Crippen molar-refractivity contribution >= 4 is 17.4 Å². The first-order valence-corrected chi connectivity index (χ1v) is 9.80. The van der Waals surface area contributed by atoms with Crippen molar-refractivity contribution in [3.63, 3.8) is 0 Å².